The van der Waals surface area contributed by atoms with Gasteiger partial charge >= 0.3 is 0 Å². The third kappa shape index (κ3) is 1.47. The maximum absolute atomic E-state index is 7.30. The van der Waals surface area contributed by atoms with E-state index in [2.05, 4.69) is 30.9 Å². The van der Waals surface area contributed by atoms with Crippen LogP contribution in [0.3, 0.4) is 0 Å². The minimum atomic E-state index is -0.113. The van der Waals surface area contributed by atoms with E-state index < -0.39 is 0 Å². The van der Waals surface area contributed by atoms with Crippen LogP contribution in [-0.4, -0.2) is 18.6 Å². The molecule has 0 aromatic heterocycles. The van der Waals surface area contributed by atoms with Crippen LogP contribution in [0, 0.1) is 12.0 Å². The molecule has 0 aliphatic carbocycles. The molecule has 0 amide bonds. The summed E-state index contributed by atoms with van der Waals surface area (Å²) in [6.07, 6.45) is 2.00. The highest BCUT2D eigenvalue weighted by atomic mass is 14.9. The summed E-state index contributed by atoms with van der Waals surface area (Å²) in [6.45, 7) is 15.8. The lowest BCUT2D eigenvalue weighted by Gasteiger charge is -2.37. The molecule has 0 aromatic carbocycles. The Morgan fingerprint density at radius 3 is 2.00 bits per heavy atom. The van der Waals surface area contributed by atoms with Crippen molar-refractivity contribution in [3.63, 3.8) is 0 Å². The Hall–Kier alpha value is -0.550. The minimum absolute atomic E-state index is 0.113. The average Bonchev–Trinajstić information content (AvgIpc) is 2.04. The van der Waals surface area contributed by atoms with E-state index in [1.165, 1.54) is 0 Å². The quantitative estimate of drug-likeness (QED) is 0.545. The molecule has 1 N–H and O–H groups in total. The highest BCUT2D eigenvalue weighted by Crippen LogP contribution is 2.40. The van der Waals surface area contributed by atoms with Gasteiger partial charge in [-0.25, -0.2) is 6.57 Å². The number of nitrogens with one attached hydrogen (secondary N) is 1. The summed E-state index contributed by atoms with van der Waals surface area (Å²) in [4.78, 5) is 3.86. The van der Waals surface area contributed by atoms with E-state index in [1.54, 1.807) is 0 Å². The van der Waals surface area contributed by atoms with Gasteiger partial charge in [-0.15, -0.1) is 0 Å². The fraction of sp³-hybridized carbons (Fsp3) is 0.900. The summed E-state index contributed by atoms with van der Waals surface area (Å²) in [6, 6.07) is 0. The van der Waals surface area contributed by atoms with Gasteiger partial charge < -0.3 is 10.2 Å². The molecule has 1 rings (SSSR count). The molecule has 2 nitrogen and oxygen atoms in total. The zero-order valence-electron chi connectivity index (χ0n) is 8.28. The molecule has 1 saturated heterocycles. The monoisotopic (exact) mass is 166 g/mol. The van der Waals surface area contributed by atoms with Crippen molar-refractivity contribution >= 4 is 0 Å². The Balaban J connectivity index is 2.83. The zero-order chi connectivity index (χ0) is 9.24. The van der Waals surface area contributed by atoms with Crippen LogP contribution in [-0.2, 0) is 0 Å². The second-order valence-corrected chi connectivity index (χ2v) is 4.64. The van der Waals surface area contributed by atoms with Gasteiger partial charge in [0.05, 0.1) is 0 Å². The summed E-state index contributed by atoms with van der Waals surface area (Å²) in [5, 5.41) is 3.30. The van der Waals surface area contributed by atoms with E-state index in [1.807, 2.05) is 0 Å². The predicted octanol–water partition coefficient (Wildman–Crippen LogP) is 2.07. The van der Waals surface area contributed by atoms with Crippen LogP contribution in [0.4, 0.5) is 0 Å². The smallest absolute Gasteiger partial charge is 0.239 e. The molecule has 1 fully saturated rings. The van der Waals surface area contributed by atoms with E-state index in [-0.39, 0.29) is 11.0 Å². The lowest BCUT2D eigenvalue weighted by molar-refractivity contribution is 0.181. The van der Waals surface area contributed by atoms with Crippen LogP contribution in [0.1, 0.15) is 33.6 Å². The lowest BCUT2D eigenvalue weighted by Crippen LogP contribution is -2.48. The average molecular weight is 166 g/mol. The maximum atomic E-state index is 7.30. The molecule has 0 atom stereocenters. The van der Waals surface area contributed by atoms with Crippen molar-refractivity contribution in [3.8, 4) is 0 Å². The molecular weight excluding hydrogens is 148 g/mol. The first-order chi connectivity index (χ1) is 5.52. The molecule has 1 heterocycles. The SMILES string of the molecule is [C-]#[N+]C1(C(C)(C)C)CCNCC1. The van der Waals surface area contributed by atoms with Gasteiger partial charge in [0.2, 0.25) is 5.54 Å². The number of hydrogen-bond donors (Lipinski definition) is 1. The fourth-order valence-corrected chi connectivity index (χ4v) is 1.87. The molecule has 0 unspecified atom stereocenters. The Labute approximate surface area is 75.2 Å². The van der Waals surface area contributed by atoms with Gasteiger partial charge in [0.15, 0.2) is 0 Å². The van der Waals surface area contributed by atoms with Gasteiger partial charge in [0.25, 0.3) is 0 Å². The Morgan fingerprint density at radius 2 is 1.75 bits per heavy atom. The molecule has 2 heteroatoms. The molecule has 0 aromatic rings. The van der Waals surface area contributed by atoms with Crippen LogP contribution in [0.25, 0.3) is 4.85 Å². The Bertz CT molecular complexity index is 189. The first-order valence-corrected chi connectivity index (χ1v) is 4.61. The first-order valence-electron chi connectivity index (χ1n) is 4.61. The van der Waals surface area contributed by atoms with Gasteiger partial charge in [0, 0.05) is 31.3 Å². The summed E-state index contributed by atoms with van der Waals surface area (Å²) in [7, 11) is 0. The van der Waals surface area contributed by atoms with E-state index in [0.717, 1.165) is 25.9 Å². The maximum Gasteiger partial charge on any atom is 0.239 e. The molecule has 0 radical (unpaired) electrons. The van der Waals surface area contributed by atoms with Crippen LogP contribution in [0.5, 0.6) is 0 Å². The summed E-state index contributed by atoms with van der Waals surface area (Å²) in [5.41, 5.74) is 0.00903. The molecule has 0 bridgehead atoms. The second kappa shape index (κ2) is 3.06. The van der Waals surface area contributed by atoms with E-state index in [4.69, 9.17) is 6.57 Å². The van der Waals surface area contributed by atoms with Gasteiger partial charge in [-0.1, -0.05) is 20.8 Å². The van der Waals surface area contributed by atoms with Crippen molar-refractivity contribution in [2.24, 2.45) is 5.41 Å². The summed E-state index contributed by atoms with van der Waals surface area (Å²) in [5.74, 6) is 0. The standard InChI is InChI=1S/C10H18N2/c1-9(2,3)10(11-4)5-7-12-8-6-10/h12H,5-8H2,1-3H3. The van der Waals surface area contributed by atoms with Gasteiger partial charge in [-0.3, -0.25) is 0 Å². The fourth-order valence-electron chi connectivity index (χ4n) is 1.87. The van der Waals surface area contributed by atoms with Crippen LogP contribution < -0.4 is 5.32 Å². The largest absolute Gasteiger partial charge is 0.316 e. The van der Waals surface area contributed by atoms with E-state index in [9.17, 15) is 0 Å². The number of hydrogen-bond acceptors (Lipinski definition) is 1. The van der Waals surface area contributed by atoms with Crippen molar-refractivity contribution in [3.05, 3.63) is 11.4 Å². The number of piperidine rings is 1. The van der Waals surface area contributed by atoms with Crippen LogP contribution in [0.15, 0.2) is 0 Å². The van der Waals surface area contributed by atoms with Crippen LogP contribution >= 0.6 is 0 Å². The second-order valence-electron chi connectivity index (χ2n) is 4.64. The number of nitrogens with zero attached hydrogens (tertiary/aromatic N) is 1. The first kappa shape index (κ1) is 9.54. The topological polar surface area (TPSA) is 16.4 Å². The lowest BCUT2D eigenvalue weighted by atomic mass is 9.69. The summed E-state index contributed by atoms with van der Waals surface area (Å²) >= 11 is 0. The molecule has 0 spiro atoms. The molecule has 12 heavy (non-hydrogen) atoms. The van der Waals surface area contributed by atoms with Crippen LogP contribution in [0.2, 0.25) is 0 Å². The molecule has 68 valence electrons. The Kier molecular flexibility index (Phi) is 2.44. The van der Waals surface area contributed by atoms with E-state index >= 15 is 0 Å². The summed E-state index contributed by atoms with van der Waals surface area (Å²) < 4.78 is 0. The van der Waals surface area contributed by atoms with Gasteiger partial charge in [-0.05, 0) is 0 Å². The predicted molar refractivity (Wildman–Crippen MR) is 50.9 cm³/mol. The molecule has 0 saturated carbocycles. The van der Waals surface area contributed by atoms with Crippen molar-refractivity contribution in [1.82, 2.24) is 5.32 Å². The highest BCUT2D eigenvalue weighted by Gasteiger charge is 2.48. The third-order valence-electron chi connectivity index (χ3n) is 3.04. The van der Waals surface area contributed by atoms with Gasteiger partial charge in [0.1, 0.15) is 0 Å². The molecule has 1 aliphatic rings. The van der Waals surface area contributed by atoms with Crippen molar-refractivity contribution in [2.45, 2.75) is 39.2 Å². The van der Waals surface area contributed by atoms with Gasteiger partial charge in [-0.2, -0.15) is 0 Å². The third-order valence-corrected chi connectivity index (χ3v) is 3.04. The molecule has 1 aliphatic heterocycles. The zero-order valence-corrected chi connectivity index (χ0v) is 8.28. The van der Waals surface area contributed by atoms with Crippen molar-refractivity contribution in [2.75, 3.05) is 13.1 Å². The highest BCUT2D eigenvalue weighted by molar-refractivity contribution is 5.08. The van der Waals surface area contributed by atoms with Crippen molar-refractivity contribution < 1.29 is 0 Å². The Morgan fingerprint density at radius 1 is 1.25 bits per heavy atom. The van der Waals surface area contributed by atoms with Crippen molar-refractivity contribution in [1.29, 1.82) is 0 Å². The molecular formula is C10H18N2. The number of rotatable bonds is 0. The minimum Gasteiger partial charge on any atom is -0.316 e. The van der Waals surface area contributed by atoms with E-state index in [0.29, 0.717) is 0 Å². The normalized spacial score (nSPS) is 23.2.